The van der Waals surface area contributed by atoms with Crippen molar-refractivity contribution in [1.29, 1.82) is 0 Å². The Bertz CT molecular complexity index is 658. The summed E-state index contributed by atoms with van der Waals surface area (Å²) in [7, 11) is 0. The molecule has 0 aromatic rings. The Morgan fingerprint density at radius 3 is 2.38 bits per heavy atom. The fourth-order valence-electron chi connectivity index (χ4n) is 6.97. The van der Waals surface area contributed by atoms with Crippen LogP contribution in [0.1, 0.15) is 79.1 Å². The van der Waals surface area contributed by atoms with Crippen molar-refractivity contribution in [2.24, 2.45) is 28.6 Å². The van der Waals surface area contributed by atoms with Crippen LogP contribution in [0.15, 0.2) is 12.2 Å². The zero-order chi connectivity index (χ0) is 21.4. The first-order valence-corrected chi connectivity index (χ1v) is 11.3. The number of carbonyl (C=O) groups excluding carboxylic acids is 2. The van der Waals surface area contributed by atoms with E-state index in [0.717, 1.165) is 44.9 Å². The molecular formula is C24H38O5. The molecule has 29 heavy (non-hydrogen) atoms. The van der Waals surface area contributed by atoms with Crippen LogP contribution < -0.4 is 0 Å². The van der Waals surface area contributed by atoms with Gasteiger partial charge >= 0.3 is 11.9 Å². The number of rotatable bonds is 5. The summed E-state index contributed by atoms with van der Waals surface area (Å²) in [5.74, 6) is 0.740. The van der Waals surface area contributed by atoms with Crippen molar-refractivity contribution >= 4 is 11.9 Å². The van der Waals surface area contributed by atoms with Crippen molar-refractivity contribution in [2.75, 3.05) is 6.61 Å². The molecule has 5 nitrogen and oxygen atoms in total. The SMILES string of the molecule is C=C1CC[C@H]2[C@H](CCO)[C@@H]([C@@]3(C)CC[C@H](OC(C)=O)C[C@@H]3OC(C)=O)CC[C@]12C. The molecule has 3 fully saturated rings. The number of esters is 2. The standard InChI is InChI=1S/C24H38O5/c1-15-6-7-20-19(10-13-25)21(9-12-23(15,20)4)24(5)11-8-18(28-16(2)26)14-22(24)29-17(3)27/h18-22,25H,1,6-14H2,2-5H3/t18-,19-,20-,21-,22-,23+,24+/m0/s1. The lowest BCUT2D eigenvalue weighted by atomic mass is 9.50. The molecule has 0 bridgehead atoms. The van der Waals surface area contributed by atoms with Gasteiger partial charge in [-0.3, -0.25) is 9.59 Å². The second-order valence-corrected chi connectivity index (χ2v) is 10.1. The van der Waals surface area contributed by atoms with Crippen LogP contribution in [0.4, 0.5) is 0 Å². The Kier molecular flexibility index (Phi) is 6.47. The van der Waals surface area contributed by atoms with E-state index in [9.17, 15) is 14.7 Å². The summed E-state index contributed by atoms with van der Waals surface area (Å²) >= 11 is 0. The third kappa shape index (κ3) is 4.12. The number of aliphatic hydroxyl groups is 1. The highest BCUT2D eigenvalue weighted by Gasteiger charge is 2.57. The summed E-state index contributed by atoms with van der Waals surface area (Å²) in [5, 5.41) is 9.88. The molecule has 0 aromatic heterocycles. The van der Waals surface area contributed by atoms with Gasteiger partial charge in [0.25, 0.3) is 0 Å². The molecule has 7 atom stereocenters. The summed E-state index contributed by atoms with van der Waals surface area (Å²) in [6.07, 6.45) is 6.93. The quantitative estimate of drug-likeness (QED) is 0.540. The van der Waals surface area contributed by atoms with Crippen molar-refractivity contribution in [1.82, 2.24) is 0 Å². The molecule has 0 heterocycles. The normalized spacial score (nSPS) is 42.2. The monoisotopic (exact) mass is 406 g/mol. The van der Waals surface area contributed by atoms with E-state index in [-0.39, 0.29) is 41.6 Å². The van der Waals surface area contributed by atoms with E-state index in [0.29, 0.717) is 24.2 Å². The van der Waals surface area contributed by atoms with Crippen LogP contribution in [0.5, 0.6) is 0 Å². The molecule has 0 radical (unpaired) electrons. The molecule has 0 aromatic carbocycles. The van der Waals surface area contributed by atoms with Gasteiger partial charge in [0.2, 0.25) is 0 Å². The number of allylic oxidation sites excluding steroid dienone is 1. The van der Waals surface area contributed by atoms with E-state index in [4.69, 9.17) is 9.47 Å². The minimum atomic E-state index is -0.281. The summed E-state index contributed by atoms with van der Waals surface area (Å²) in [6.45, 7) is 12.1. The Morgan fingerprint density at radius 1 is 1.07 bits per heavy atom. The zero-order valence-corrected chi connectivity index (χ0v) is 18.5. The predicted octanol–water partition coefficient (Wildman–Crippen LogP) is 4.42. The van der Waals surface area contributed by atoms with Crippen LogP contribution in [0, 0.1) is 28.6 Å². The molecule has 0 saturated heterocycles. The average Bonchev–Trinajstić information content (AvgIpc) is 2.93. The van der Waals surface area contributed by atoms with Crippen molar-refractivity contribution in [3.05, 3.63) is 12.2 Å². The number of hydrogen-bond donors (Lipinski definition) is 1. The maximum absolute atomic E-state index is 11.9. The number of aliphatic hydroxyl groups excluding tert-OH is 1. The van der Waals surface area contributed by atoms with Crippen LogP contribution in [0.2, 0.25) is 0 Å². The molecule has 3 rings (SSSR count). The maximum atomic E-state index is 11.9. The van der Waals surface area contributed by atoms with Gasteiger partial charge in [-0.05, 0) is 68.1 Å². The minimum absolute atomic E-state index is 0.165. The van der Waals surface area contributed by atoms with Crippen molar-refractivity contribution in [3.63, 3.8) is 0 Å². The molecule has 0 amide bonds. The van der Waals surface area contributed by atoms with Gasteiger partial charge in [0.1, 0.15) is 12.2 Å². The lowest BCUT2D eigenvalue weighted by Gasteiger charge is -2.56. The smallest absolute Gasteiger partial charge is 0.302 e. The second-order valence-electron chi connectivity index (χ2n) is 10.1. The van der Waals surface area contributed by atoms with Crippen LogP contribution >= 0.6 is 0 Å². The van der Waals surface area contributed by atoms with E-state index >= 15 is 0 Å². The highest BCUT2D eigenvalue weighted by Crippen LogP contribution is 2.63. The van der Waals surface area contributed by atoms with E-state index in [1.54, 1.807) is 0 Å². The molecule has 0 unspecified atom stereocenters. The molecule has 1 N–H and O–H groups in total. The summed E-state index contributed by atoms with van der Waals surface area (Å²) in [4.78, 5) is 23.4. The fourth-order valence-corrected chi connectivity index (χ4v) is 6.97. The van der Waals surface area contributed by atoms with Crippen molar-refractivity contribution < 1.29 is 24.2 Å². The van der Waals surface area contributed by atoms with E-state index in [2.05, 4.69) is 20.4 Å². The van der Waals surface area contributed by atoms with Crippen molar-refractivity contribution in [2.45, 2.75) is 91.3 Å². The zero-order valence-electron chi connectivity index (χ0n) is 18.5. The van der Waals surface area contributed by atoms with E-state index in [1.807, 2.05) is 0 Å². The summed E-state index contributed by atoms with van der Waals surface area (Å²) in [6, 6.07) is 0. The third-order valence-corrected chi connectivity index (χ3v) is 8.56. The first-order valence-electron chi connectivity index (χ1n) is 11.3. The topological polar surface area (TPSA) is 72.8 Å². The second kappa shape index (κ2) is 8.41. The molecule has 3 aliphatic rings. The Balaban J connectivity index is 1.89. The van der Waals surface area contributed by atoms with E-state index < -0.39 is 0 Å². The largest absolute Gasteiger partial charge is 0.462 e. The van der Waals surface area contributed by atoms with E-state index in [1.165, 1.54) is 19.4 Å². The number of ether oxygens (including phenoxy) is 2. The Morgan fingerprint density at radius 2 is 1.76 bits per heavy atom. The van der Waals surface area contributed by atoms with Gasteiger partial charge in [0.15, 0.2) is 0 Å². The van der Waals surface area contributed by atoms with Crippen LogP contribution in [-0.2, 0) is 19.1 Å². The molecular weight excluding hydrogens is 368 g/mol. The maximum Gasteiger partial charge on any atom is 0.302 e. The van der Waals surface area contributed by atoms with Crippen LogP contribution in [-0.4, -0.2) is 35.9 Å². The molecule has 5 heteroatoms. The highest BCUT2D eigenvalue weighted by atomic mass is 16.6. The van der Waals surface area contributed by atoms with Gasteiger partial charge in [-0.1, -0.05) is 26.0 Å². The Hall–Kier alpha value is -1.36. The van der Waals surface area contributed by atoms with Gasteiger partial charge in [-0.25, -0.2) is 0 Å². The van der Waals surface area contributed by atoms with Crippen LogP contribution in [0.25, 0.3) is 0 Å². The molecule has 0 aliphatic heterocycles. The van der Waals surface area contributed by atoms with Crippen molar-refractivity contribution in [3.8, 4) is 0 Å². The van der Waals surface area contributed by atoms with Gasteiger partial charge in [-0.2, -0.15) is 0 Å². The molecule has 0 spiro atoms. The predicted molar refractivity (Wildman–Crippen MR) is 111 cm³/mol. The number of hydrogen-bond acceptors (Lipinski definition) is 5. The molecule has 164 valence electrons. The fraction of sp³-hybridized carbons (Fsp3) is 0.833. The highest BCUT2D eigenvalue weighted by molar-refractivity contribution is 5.66. The summed E-state index contributed by atoms with van der Waals surface area (Å²) < 4.78 is 11.3. The Labute approximate surface area is 175 Å². The van der Waals surface area contributed by atoms with Gasteiger partial charge in [-0.15, -0.1) is 0 Å². The molecule has 3 saturated carbocycles. The van der Waals surface area contributed by atoms with Crippen LogP contribution in [0.3, 0.4) is 0 Å². The first kappa shape index (κ1) is 22.3. The number of fused-ring (bicyclic) bond motifs is 1. The number of carbonyl (C=O) groups is 2. The van der Waals surface area contributed by atoms with Gasteiger partial charge in [0, 0.05) is 32.3 Å². The molecule has 3 aliphatic carbocycles. The third-order valence-electron chi connectivity index (χ3n) is 8.56. The van der Waals surface area contributed by atoms with Gasteiger partial charge in [0.05, 0.1) is 0 Å². The summed E-state index contributed by atoms with van der Waals surface area (Å²) in [5.41, 5.74) is 1.36. The first-order chi connectivity index (χ1) is 13.6. The average molecular weight is 407 g/mol. The lowest BCUT2D eigenvalue weighted by molar-refractivity contribution is -0.179. The minimum Gasteiger partial charge on any atom is -0.462 e. The lowest BCUT2D eigenvalue weighted by Crippen LogP contribution is -2.54. The van der Waals surface area contributed by atoms with Gasteiger partial charge < -0.3 is 14.6 Å².